The van der Waals surface area contributed by atoms with Crippen molar-refractivity contribution in [2.75, 3.05) is 72.8 Å². The fraction of sp³-hybridized carbons (Fsp3) is 0.483. The van der Waals surface area contributed by atoms with Crippen molar-refractivity contribution >= 4 is 102 Å². The fourth-order valence-electron chi connectivity index (χ4n) is 12.8. The number of para-hydroxylation sites is 2. The maximum absolute atomic E-state index is 14.4. The zero-order valence-corrected chi connectivity index (χ0v) is 66.9. The van der Waals surface area contributed by atoms with Gasteiger partial charge in [-0.1, -0.05) is 192 Å². The first-order chi connectivity index (χ1) is 51.5. The molecule has 107 heavy (non-hydrogen) atoms. The molecule has 20 heteroatoms. The molecule has 0 fully saturated rings. The maximum atomic E-state index is 14.4. The summed E-state index contributed by atoms with van der Waals surface area (Å²) in [7, 11) is 1.52. The highest BCUT2D eigenvalue weighted by Gasteiger charge is 2.34. The van der Waals surface area contributed by atoms with E-state index in [1.807, 2.05) is 92.0 Å². The van der Waals surface area contributed by atoms with Crippen molar-refractivity contribution in [2.24, 2.45) is 14.4 Å². The van der Waals surface area contributed by atoms with E-state index >= 15 is 0 Å². The number of amidine groups is 1. The van der Waals surface area contributed by atoms with Crippen molar-refractivity contribution in [1.29, 1.82) is 0 Å². The number of hydrogen-bond donors (Lipinski definition) is 2. The smallest absolute Gasteiger partial charge is 0.338 e. The molecule has 0 bridgehead atoms. The number of aryl methyl sites for hydroxylation is 4. The normalized spacial score (nSPS) is 12.7. The summed E-state index contributed by atoms with van der Waals surface area (Å²) >= 11 is 0. The Morgan fingerprint density at radius 3 is 1.36 bits per heavy atom. The number of aliphatic imine (C=N–C) groups is 2. The zero-order chi connectivity index (χ0) is 77.4. The molecule has 1 aromatic heterocycles. The molecule has 7 aromatic rings. The van der Waals surface area contributed by atoms with Crippen molar-refractivity contribution in [1.82, 2.24) is 9.55 Å². The van der Waals surface area contributed by atoms with Crippen LogP contribution < -0.4 is 30.9 Å². The van der Waals surface area contributed by atoms with Gasteiger partial charge in [-0.05, 0) is 175 Å². The number of carbonyl (C=O) groups is 4. The van der Waals surface area contributed by atoms with Crippen LogP contribution in [0.1, 0.15) is 250 Å². The average molecular weight is 1480 g/mol. The summed E-state index contributed by atoms with van der Waals surface area (Å²) in [6.07, 6.45) is 29.5. The van der Waals surface area contributed by atoms with E-state index in [4.69, 9.17) is 24.4 Å². The van der Waals surface area contributed by atoms with Crippen molar-refractivity contribution in [3.63, 3.8) is 0 Å². The van der Waals surface area contributed by atoms with Gasteiger partial charge in [-0.25, -0.2) is 24.6 Å². The quantitative estimate of drug-likeness (QED) is 0.0207. The lowest BCUT2D eigenvalue weighted by molar-refractivity contribution is -0.111. The van der Waals surface area contributed by atoms with E-state index in [0.29, 0.717) is 69.2 Å². The molecule has 0 aliphatic carbocycles. The van der Waals surface area contributed by atoms with Crippen LogP contribution in [0.25, 0.3) is 10.9 Å². The second-order valence-electron chi connectivity index (χ2n) is 28.5. The molecule has 1 aliphatic rings. The Morgan fingerprint density at radius 2 is 0.916 bits per heavy atom. The molecule has 1 aliphatic heterocycles. The summed E-state index contributed by atoms with van der Waals surface area (Å²) in [5, 5.41) is 6.34. The number of ether oxygens (including phenoxy) is 2. The highest BCUT2D eigenvalue weighted by Crippen LogP contribution is 2.34. The predicted octanol–water partition coefficient (Wildman–Crippen LogP) is 20.2. The number of carbonyl (C=O) groups excluding carboxylic acids is 4. The first-order valence-electron chi connectivity index (χ1n) is 39.2. The third kappa shape index (κ3) is 25.1. The Bertz CT molecular complexity index is 4390. The Balaban J connectivity index is 0.000000298. The van der Waals surface area contributed by atoms with Gasteiger partial charge in [0.1, 0.15) is 4.90 Å². The lowest BCUT2D eigenvalue weighted by Gasteiger charge is -2.27. The number of nitrogens with zero attached hydrogens (tertiary/aromatic N) is 8. The monoisotopic (exact) mass is 1480 g/mol. The third-order valence-electron chi connectivity index (χ3n) is 19.8. The number of hydrogen-bond acceptors (Lipinski definition) is 15. The molecule has 2 heterocycles. The van der Waals surface area contributed by atoms with Crippen LogP contribution in [0.5, 0.6) is 0 Å². The molecule has 0 atom stereocenters. The molecule has 0 saturated heterocycles. The van der Waals surface area contributed by atoms with Gasteiger partial charge in [0.05, 0.1) is 52.3 Å². The van der Waals surface area contributed by atoms with Crippen LogP contribution in [-0.4, -0.2) is 106 Å². The molecule has 19 nitrogen and oxygen atoms in total. The molecule has 2 amide bonds. The van der Waals surface area contributed by atoms with E-state index in [0.717, 1.165) is 79.7 Å². The van der Waals surface area contributed by atoms with E-state index < -0.39 is 33.8 Å². The molecule has 0 unspecified atom stereocenters. The van der Waals surface area contributed by atoms with Gasteiger partial charge in [-0.2, -0.15) is 8.42 Å². The van der Waals surface area contributed by atoms with E-state index in [2.05, 4.69) is 52.5 Å². The molecule has 0 saturated carbocycles. The van der Waals surface area contributed by atoms with Crippen LogP contribution in [0.15, 0.2) is 145 Å². The molecule has 6 aromatic carbocycles. The van der Waals surface area contributed by atoms with Crippen LogP contribution >= 0.6 is 0 Å². The van der Waals surface area contributed by atoms with Gasteiger partial charge in [0.2, 0.25) is 0 Å². The first kappa shape index (κ1) is 85.0. The zero-order valence-electron chi connectivity index (χ0n) is 66.1. The minimum atomic E-state index is -4.13. The van der Waals surface area contributed by atoms with E-state index in [1.54, 1.807) is 90.8 Å². The van der Waals surface area contributed by atoms with Gasteiger partial charge in [-0.3, -0.25) is 19.0 Å². The van der Waals surface area contributed by atoms with Gasteiger partial charge in [0.25, 0.3) is 27.4 Å². The Hall–Kier alpha value is -9.30. The summed E-state index contributed by atoms with van der Waals surface area (Å²) < 4.78 is 43.5. The van der Waals surface area contributed by atoms with Gasteiger partial charge in [-0.15, -0.1) is 4.40 Å². The number of nitrogens with one attached hydrogen (secondary N) is 2. The van der Waals surface area contributed by atoms with Crippen molar-refractivity contribution in [2.45, 2.75) is 234 Å². The van der Waals surface area contributed by atoms with Crippen molar-refractivity contribution in [3.05, 3.63) is 171 Å². The van der Waals surface area contributed by atoms with Gasteiger partial charge in [0, 0.05) is 63.0 Å². The molecule has 0 radical (unpaired) electrons. The number of aromatic nitrogens is 2. The van der Waals surface area contributed by atoms with Crippen molar-refractivity contribution < 1.29 is 37.1 Å². The first-order valence-corrected chi connectivity index (χ1v) is 40.6. The summed E-state index contributed by atoms with van der Waals surface area (Å²) in [4.78, 5) is 88.8. The number of anilines is 5. The number of amides is 2. The molecule has 2 N–H and O–H groups in total. The van der Waals surface area contributed by atoms with Crippen LogP contribution in [-0.2, 0) is 29.1 Å². The average Bonchev–Trinajstić information content (AvgIpc) is 0.762. The number of rotatable bonds is 41. The Morgan fingerprint density at radius 1 is 0.505 bits per heavy atom. The Kier molecular flexibility index (Phi) is 34.5. The van der Waals surface area contributed by atoms with Gasteiger partial charge >= 0.3 is 11.9 Å². The predicted molar refractivity (Wildman–Crippen MR) is 442 cm³/mol. The van der Waals surface area contributed by atoms with E-state index in [1.165, 1.54) is 126 Å². The Labute approximate surface area is 637 Å². The summed E-state index contributed by atoms with van der Waals surface area (Å²) in [6.45, 7) is 22.2. The van der Waals surface area contributed by atoms with Gasteiger partial charge in [0.15, 0.2) is 23.1 Å². The standard InChI is InChI=1S/C45H61N5O4.C42H57N5O5S/c1-8-10-11-12-13-14-15-16-17-18-19-22-29-54-45(53)35-26-25-33(5)40(31-35)48-43(51)41(46-38-28-27-36(30-34(38)6)49(7)9-2)42-47-39-24-21-20-23-37(39)44(52)50(42)32(3)4;1-7-9-10-11-12-13-14-15-16-17-18-21-28-52-42(49)33-25-24-31(3)36(30-33)44-41(48)39(43-35-27-26-34(29-32(35)4)46(5)8-2)40-45-53(50,51)38-23-20-19-22-37(38)47(40)6/h20-21,23-28,30-32H,8-19,22,29H2,1-7H3,(H,48,51);19-20,22-27,29-30H,7-18,21,28H2,1-6H3,(H,44,48). The second kappa shape index (κ2) is 43.5. The van der Waals surface area contributed by atoms with Gasteiger partial charge < -0.3 is 34.8 Å². The number of sulfonamides is 1. The minimum absolute atomic E-state index is 0.00870. The lowest BCUT2D eigenvalue weighted by atomic mass is 10.1. The molecule has 8 rings (SSSR count). The molecule has 576 valence electrons. The highest BCUT2D eigenvalue weighted by molar-refractivity contribution is 7.90. The second-order valence-corrected chi connectivity index (χ2v) is 30.1. The maximum Gasteiger partial charge on any atom is 0.338 e. The summed E-state index contributed by atoms with van der Waals surface area (Å²) in [5.41, 5.74) is 8.09. The summed E-state index contributed by atoms with van der Waals surface area (Å²) in [6, 6.07) is 35.0. The minimum Gasteiger partial charge on any atom is -0.462 e. The molecule has 0 spiro atoms. The van der Waals surface area contributed by atoms with Crippen LogP contribution in [0, 0.1) is 27.7 Å². The van der Waals surface area contributed by atoms with Crippen molar-refractivity contribution in [3.8, 4) is 0 Å². The van der Waals surface area contributed by atoms with E-state index in [9.17, 15) is 32.4 Å². The molecular weight excluding hydrogens is 1360 g/mol. The third-order valence-corrected chi connectivity index (χ3v) is 21.1. The van der Waals surface area contributed by atoms with Crippen LogP contribution in [0.3, 0.4) is 0 Å². The largest absolute Gasteiger partial charge is 0.462 e. The number of benzene rings is 6. The summed E-state index contributed by atoms with van der Waals surface area (Å²) in [5.74, 6) is -2.08. The van der Waals surface area contributed by atoms with Crippen LogP contribution in [0.4, 0.5) is 39.8 Å². The SMILES string of the molecule is CCCCCCCCCCCCCCOC(=O)c1ccc(C)c(NC(=O)C(=Nc2ccc(N(C)CC)cc2C)C2=NS(=O)(=O)c3ccccc3N2C)c1.CCCCCCCCCCCCCCOC(=O)c1ccc(C)c(NC(=O)C(=Nc2ccc(N(C)CC)cc2C)c2nc3ccccc3c(=O)n2C(C)C)c1. The number of esters is 2. The number of unbranched alkanes of at least 4 members (excludes halogenated alkanes) is 22. The topological polar surface area (TPSA) is 227 Å². The van der Waals surface area contributed by atoms with Crippen LogP contribution in [0.2, 0.25) is 0 Å². The van der Waals surface area contributed by atoms with E-state index in [-0.39, 0.29) is 39.6 Å². The lowest BCUT2D eigenvalue weighted by Crippen LogP contribution is -2.43. The molecular formula is C87H118N10O9S. The fourth-order valence-corrected chi connectivity index (χ4v) is 14.1. The number of fused-ring (bicyclic) bond motifs is 2. The highest BCUT2D eigenvalue weighted by atomic mass is 32.2.